The third-order valence-corrected chi connectivity index (χ3v) is 15.1. The van der Waals surface area contributed by atoms with Crippen LogP contribution in [0.4, 0.5) is 0 Å². The molecule has 0 saturated carbocycles. The highest BCUT2D eigenvalue weighted by Crippen LogP contribution is 2.42. The van der Waals surface area contributed by atoms with Gasteiger partial charge in [-0.1, -0.05) is 99.0 Å². The van der Waals surface area contributed by atoms with Gasteiger partial charge in [0.15, 0.2) is 0 Å². The molecule has 0 radical (unpaired) electrons. The maximum atomic E-state index is 13.7. The minimum Gasteiger partial charge on any atom is -0.510 e. The summed E-state index contributed by atoms with van der Waals surface area (Å²) in [6.45, 7) is 24.8. The van der Waals surface area contributed by atoms with E-state index in [1.54, 1.807) is 0 Å². The van der Waals surface area contributed by atoms with E-state index in [0.29, 0.717) is 11.6 Å². The summed E-state index contributed by atoms with van der Waals surface area (Å²) in [7, 11) is 1.37. The van der Waals surface area contributed by atoms with Gasteiger partial charge in [-0.2, -0.15) is 0 Å². The summed E-state index contributed by atoms with van der Waals surface area (Å²) in [6, 6.07) is -0.375. The second-order valence-corrected chi connectivity index (χ2v) is 20.1. The number of aliphatic hydroxyl groups is 1. The molecule has 3 aromatic rings. The van der Waals surface area contributed by atoms with E-state index in [1.807, 2.05) is 6.92 Å². The number of rotatable bonds is 20. The molecule has 2 aliphatic heterocycles. The Morgan fingerprint density at radius 1 is 0.781 bits per heavy atom. The summed E-state index contributed by atoms with van der Waals surface area (Å²) in [4.78, 5) is 38.3. The number of carbonyl (C=O) groups is 2. The first kappa shape index (κ1) is 48.8. The molecular weight excluding hydrogens is 797 g/mol. The Bertz CT molecular complexity index is 2470. The monoisotopic (exact) mass is 877 g/mol. The first-order valence-corrected chi connectivity index (χ1v) is 24.7. The van der Waals surface area contributed by atoms with Gasteiger partial charge >= 0.3 is 11.9 Å². The fraction of sp³-hybridized carbons (Fsp3) is 0.600. The molecule has 6 rings (SSSR count). The maximum Gasteiger partial charge on any atom is 0.320 e. The van der Waals surface area contributed by atoms with Gasteiger partial charge in [0, 0.05) is 51.0 Å². The van der Waals surface area contributed by atoms with Crippen molar-refractivity contribution in [3.8, 4) is 0 Å². The van der Waals surface area contributed by atoms with Gasteiger partial charge in [-0.3, -0.25) is 9.59 Å². The molecule has 3 aromatic heterocycles. The van der Waals surface area contributed by atoms with Crippen molar-refractivity contribution >= 4 is 41.5 Å². The molecule has 0 amide bonds. The van der Waals surface area contributed by atoms with Crippen molar-refractivity contribution in [2.24, 2.45) is 35.5 Å². The highest BCUT2D eigenvalue weighted by molar-refractivity contribution is 5.95. The second kappa shape index (κ2) is 21.6. The number of hydrogen-bond donors (Lipinski definition) is 5. The molecule has 3 aliphatic rings. The van der Waals surface area contributed by atoms with Gasteiger partial charge in [-0.05, 0) is 141 Å². The minimum atomic E-state index is -0.980. The molecule has 1 saturated heterocycles. The lowest BCUT2D eigenvalue weighted by molar-refractivity contribution is -0.143. The minimum absolute atomic E-state index is 0.00425. The van der Waals surface area contributed by atoms with Gasteiger partial charge < -0.3 is 34.8 Å². The van der Waals surface area contributed by atoms with Gasteiger partial charge in [0.25, 0.3) is 0 Å². The smallest absolute Gasteiger partial charge is 0.320 e. The number of fused-ring (bicyclic) bond motifs is 8. The number of hydrogen-bond acceptors (Lipinski definition) is 6. The number of H-pyrrole nitrogens is 3. The molecule has 1 fully saturated rings. The number of esters is 2. The molecule has 5 heterocycles. The van der Waals surface area contributed by atoms with Crippen LogP contribution in [0.15, 0.2) is 17.3 Å². The Hall–Kier alpha value is -4.66. The van der Waals surface area contributed by atoms with Crippen LogP contribution in [0.3, 0.4) is 0 Å². The lowest BCUT2D eigenvalue weighted by Gasteiger charge is -2.26. The predicted molar refractivity (Wildman–Crippen MR) is 262 cm³/mol. The largest absolute Gasteiger partial charge is 0.510 e. The van der Waals surface area contributed by atoms with Crippen LogP contribution < -0.4 is 26.6 Å². The normalized spacial score (nSPS) is 22.1. The van der Waals surface area contributed by atoms with Crippen LogP contribution in [-0.4, -0.2) is 51.8 Å². The Labute approximate surface area is 383 Å². The van der Waals surface area contributed by atoms with E-state index >= 15 is 0 Å². The molecule has 350 valence electrons. The number of aliphatic hydroxyl groups excluding tert-OH is 1. The van der Waals surface area contributed by atoms with Crippen molar-refractivity contribution in [3.05, 3.63) is 83.5 Å². The number of nitrogens with one attached hydrogen (secondary N) is 4. The highest BCUT2D eigenvalue weighted by Gasteiger charge is 2.47. The molecule has 1 aliphatic carbocycles. The van der Waals surface area contributed by atoms with Crippen LogP contribution in [-0.2, 0) is 31.9 Å². The lowest BCUT2D eigenvalue weighted by Crippen LogP contribution is -2.38. The Kier molecular flexibility index (Phi) is 16.4. The van der Waals surface area contributed by atoms with Crippen LogP contribution in [0, 0.1) is 56.3 Å². The zero-order valence-electron chi connectivity index (χ0n) is 41.3. The van der Waals surface area contributed by atoms with E-state index < -0.39 is 11.9 Å². The first-order chi connectivity index (χ1) is 30.6. The quantitative estimate of drug-likeness (QED) is 0.0568. The van der Waals surface area contributed by atoms with Crippen molar-refractivity contribution in [2.45, 2.75) is 166 Å². The van der Waals surface area contributed by atoms with Crippen LogP contribution in [0.1, 0.15) is 171 Å². The number of aromatic nitrogens is 3. The standard InChI is InChI=1S/C55H80N4O5/c1-13-39-35(8)42-28-44-37(10)41(24-25-48(60)64-27-26-34(7)23-17-22-33(6)21-16-20-32(5)19-15-18-31(3)4)52(58-44)50-51(55(62)63-12)54(61)49-38(11)45(59-53(49)50)30-47-40(14-2)36(9)43(57-47)29-46(39)56-42/h26,28-33,37,41,51-52,56-59,61H,13-25,27H2,1-12H3/b34-26+,43-29-,44-28-,47-30-/t32-,33-,37+,41+,51-,52?/m1/s1. The van der Waals surface area contributed by atoms with Crippen molar-refractivity contribution in [3.63, 3.8) is 0 Å². The summed E-state index contributed by atoms with van der Waals surface area (Å²) in [5.74, 6) is 0.534. The van der Waals surface area contributed by atoms with E-state index in [1.165, 1.54) is 79.9 Å². The number of allylic oxidation sites excluding steroid dienone is 2. The third kappa shape index (κ3) is 10.7. The molecule has 6 atom stereocenters. The number of ether oxygens (including phenoxy) is 2. The molecule has 8 bridgehead atoms. The average Bonchev–Trinajstić information content (AvgIpc) is 3.99. The van der Waals surface area contributed by atoms with Crippen molar-refractivity contribution in [1.82, 2.24) is 20.3 Å². The zero-order chi connectivity index (χ0) is 46.4. The SMILES string of the molecule is CCc1c2[nH]c(c1C)/C=C1\NC(C3=c4[nH]c(c(C)c4=C(O)[C@@H]3C(=O)OC)/C=c3\[nH]/c(c(C)c3CC)=C\2)[C@@H](CCC(=O)OC/C=C(\C)CCC[C@H](C)CCC[C@H](C)CCCC(C)C)[C@@H]1C. The Balaban J connectivity index is 1.21. The molecule has 0 spiro atoms. The fourth-order valence-electron chi connectivity index (χ4n) is 10.9. The Morgan fingerprint density at radius 2 is 1.42 bits per heavy atom. The predicted octanol–water partition coefficient (Wildman–Crippen LogP) is 9.29. The summed E-state index contributed by atoms with van der Waals surface area (Å²) in [5.41, 5.74) is 11.8. The van der Waals surface area contributed by atoms with Crippen LogP contribution in [0.5, 0.6) is 0 Å². The molecule has 64 heavy (non-hydrogen) atoms. The molecule has 9 heteroatoms. The number of aromatic amines is 3. The van der Waals surface area contributed by atoms with E-state index in [4.69, 9.17) is 9.47 Å². The van der Waals surface area contributed by atoms with Crippen molar-refractivity contribution in [1.29, 1.82) is 0 Å². The molecule has 1 unspecified atom stereocenters. The maximum absolute atomic E-state index is 13.7. The van der Waals surface area contributed by atoms with E-state index in [9.17, 15) is 14.7 Å². The van der Waals surface area contributed by atoms with E-state index in [0.717, 1.165) is 93.4 Å². The molecule has 0 aromatic carbocycles. The number of carbonyl (C=O) groups excluding carboxylic acids is 2. The third-order valence-electron chi connectivity index (χ3n) is 15.1. The Morgan fingerprint density at radius 3 is 2.08 bits per heavy atom. The molecule has 9 nitrogen and oxygen atoms in total. The second-order valence-electron chi connectivity index (χ2n) is 20.1. The topological polar surface area (TPSA) is 132 Å². The average molecular weight is 877 g/mol. The van der Waals surface area contributed by atoms with Gasteiger partial charge in [0.2, 0.25) is 0 Å². The van der Waals surface area contributed by atoms with Gasteiger partial charge in [0.05, 0.1) is 18.5 Å². The highest BCUT2D eigenvalue weighted by atomic mass is 16.5. The number of methoxy groups -OCH3 is 1. The van der Waals surface area contributed by atoms with Crippen molar-refractivity contribution in [2.75, 3.05) is 13.7 Å². The van der Waals surface area contributed by atoms with Gasteiger partial charge in [0.1, 0.15) is 18.3 Å². The van der Waals surface area contributed by atoms with Crippen LogP contribution >= 0.6 is 0 Å². The molecular formula is C55H80N4O5. The van der Waals surface area contributed by atoms with E-state index in [-0.39, 0.29) is 42.6 Å². The molecule has 5 N–H and O–H groups in total. The van der Waals surface area contributed by atoms with Crippen LogP contribution in [0.25, 0.3) is 29.6 Å². The first-order valence-electron chi connectivity index (χ1n) is 24.7. The fourth-order valence-corrected chi connectivity index (χ4v) is 10.9. The van der Waals surface area contributed by atoms with Gasteiger partial charge in [-0.25, -0.2) is 0 Å². The van der Waals surface area contributed by atoms with Crippen molar-refractivity contribution < 1.29 is 24.2 Å². The summed E-state index contributed by atoms with van der Waals surface area (Å²) in [6.07, 6.45) is 22.5. The van der Waals surface area contributed by atoms with Crippen LogP contribution in [0.2, 0.25) is 0 Å². The van der Waals surface area contributed by atoms with E-state index in [2.05, 4.69) is 114 Å². The zero-order valence-corrected chi connectivity index (χ0v) is 41.3. The van der Waals surface area contributed by atoms with Gasteiger partial charge in [-0.15, -0.1) is 0 Å². The summed E-state index contributed by atoms with van der Waals surface area (Å²) in [5, 5.41) is 19.3. The lowest BCUT2D eigenvalue weighted by atomic mass is 9.80. The summed E-state index contributed by atoms with van der Waals surface area (Å²) >= 11 is 0. The summed E-state index contributed by atoms with van der Waals surface area (Å²) < 4.78 is 11.2.